The number of benzene rings is 7. The lowest BCUT2D eigenvalue weighted by Crippen LogP contribution is -2.16. The molecule has 1 aliphatic carbocycles. The third kappa shape index (κ3) is 3.42. The van der Waals surface area contributed by atoms with Crippen molar-refractivity contribution in [1.29, 1.82) is 0 Å². The van der Waals surface area contributed by atoms with Gasteiger partial charge in [-0.2, -0.15) is 0 Å². The van der Waals surface area contributed by atoms with E-state index in [4.69, 9.17) is 9.97 Å². The van der Waals surface area contributed by atoms with Gasteiger partial charge in [0.2, 0.25) is 5.95 Å². The van der Waals surface area contributed by atoms with Gasteiger partial charge in [0.25, 0.3) is 0 Å². The van der Waals surface area contributed by atoms with Crippen molar-refractivity contribution in [2.75, 3.05) is 0 Å². The molecule has 0 amide bonds. The van der Waals surface area contributed by atoms with Crippen LogP contribution in [0.15, 0.2) is 140 Å². The van der Waals surface area contributed by atoms with Crippen LogP contribution >= 0.6 is 0 Å². The zero-order valence-electron chi connectivity index (χ0n) is 27.1. The van der Waals surface area contributed by atoms with Crippen molar-refractivity contribution >= 4 is 65.3 Å². The molecule has 10 aromatic rings. The van der Waals surface area contributed by atoms with E-state index in [0.29, 0.717) is 5.95 Å². The Hall–Kier alpha value is -6.26. The number of aromatic nitrogens is 4. The van der Waals surface area contributed by atoms with Gasteiger partial charge in [-0.15, -0.1) is 0 Å². The summed E-state index contributed by atoms with van der Waals surface area (Å²) in [4.78, 5) is 14.9. The quantitative estimate of drug-likeness (QED) is 0.207. The summed E-state index contributed by atoms with van der Waals surface area (Å²) >= 11 is 0. The Bertz CT molecular complexity index is 3020. The fourth-order valence-corrected chi connectivity index (χ4v) is 8.86. The van der Waals surface area contributed by atoms with Crippen LogP contribution in [0.3, 0.4) is 0 Å². The van der Waals surface area contributed by atoms with Gasteiger partial charge in [0.05, 0.1) is 27.8 Å². The van der Waals surface area contributed by atoms with E-state index >= 15 is 0 Å². The Morgan fingerprint density at radius 3 is 2.06 bits per heavy atom. The van der Waals surface area contributed by atoms with Crippen LogP contribution < -0.4 is 0 Å². The SMILES string of the molecule is CC1(C)c2ccccc2-c2ccc3nc(-n4c5ccccc5c5c6ccccc6c6c7ccccc7[nH]c6c54)nc(-c4ccccc4)c3c21. The lowest BCUT2D eigenvalue weighted by molar-refractivity contribution is 0.666. The van der Waals surface area contributed by atoms with Crippen LogP contribution in [-0.4, -0.2) is 19.5 Å². The normalized spacial score (nSPS) is 13.7. The highest BCUT2D eigenvalue weighted by Crippen LogP contribution is 2.53. The van der Waals surface area contributed by atoms with Crippen LogP contribution in [0.5, 0.6) is 0 Å². The first-order chi connectivity index (χ1) is 24.1. The molecular weight excluding hydrogens is 597 g/mol. The number of hydrogen-bond acceptors (Lipinski definition) is 2. The summed E-state index contributed by atoms with van der Waals surface area (Å²) < 4.78 is 2.30. The molecule has 0 bridgehead atoms. The van der Waals surface area contributed by atoms with Crippen molar-refractivity contribution in [1.82, 2.24) is 19.5 Å². The number of rotatable bonds is 2. The van der Waals surface area contributed by atoms with Gasteiger partial charge in [-0.25, -0.2) is 9.97 Å². The molecule has 7 aromatic carbocycles. The van der Waals surface area contributed by atoms with Crippen LogP contribution in [0.2, 0.25) is 0 Å². The lowest BCUT2D eigenvalue weighted by atomic mass is 9.80. The third-order valence-electron chi connectivity index (χ3n) is 10.9. The topological polar surface area (TPSA) is 46.5 Å². The number of aromatic amines is 1. The molecule has 1 N–H and O–H groups in total. The molecule has 3 heterocycles. The second-order valence-electron chi connectivity index (χ2n) is 13.8. The van der Waals surface area contributed by atoms with Gasteiger partial charge in [-0.05, 0) is 51.2 Å². The number of nitrogens with one attached hydrogen (secondary N) is 1. The van der Waals surface area contributed by atoms with Crippen LogP contribution in [0, 0.1) is 0 Å². The molecule has 11 rings (SSSR count). The zero-order valence-corrected chi connectivity index (χ0v) is 27.1. The van der Waals surface area contributed by atoms with Crippen LogP contribution in [-0.2, 0) is 5.41 Å². The maximum atomic E-state index is 5.60. The first-order valence-corrected chi connectivity index (χ1v) is 16.9. The molecule has 0 radical (unpaired) electrons. The van der Waals surface area contributed by atoms with Gasteiger partial charge in [-0.1, -0.05) is 135 Å². The standard InChI is InChI=1S/C45H30N4/c1-45(2)33-21-11-8-16-27(33)30-24-25-35-39(40(30)45)41(26-14-4-3-5-15-26)48-44(47-35)49-36-23-13-10-20-32(36)38-29-18-7-6-17-28(29)37-31-19-9-12-22-34(31)46-42(37)43(38)49/h3-25,46H,1-2H3. The monoisotopic (exact) mass is 626 g/mol. The minimum absolute atomic E-state index is 0.206. The molecule has 0 unspecified atom stereocenters. The van der Waals surface area contributed by atoms with E-state index in [2.05, 4.69) is 163 Å². The molecule has 4 nitrogen and oxygen atoms in total. The Kier molecular flexibility index (Phi) is 5.15. The Balaban J connectivity index is 1.34. The van der Waals surface area contributed by atoms with Gasteiger partial charge in [0.1, 0.15) is 0 Å². The van der Waals surface area contributed by atoms with E-state index < -0.39 is 0 Å². The average Bonchev–Trinajstić information content (AvgIpc) is 3.78. The molecule has 0 fully saturated rings. The molecule has 49 heavy (non-hydrogen) atoms. The van der Waals surface area contributed by atoms with Gasteiger partial charge in [0, 0.05) is 43.4 Å². The number of H-pyrrole nitrogens is 1. The summed E-state index contributed by atoms with van der Waals surface area (Å²) in [5.74, 6) is 0.668. The Labute approximate surface area is 282 Å². The minimum atomic E-state index is -0.206. The van der Waals surface area contributed by atoms with Gasteiger partial charge in [-0.3, -0.25) is 4.57 Å². The molecule has 0 spiro atoms. The molecule has 0 atom stereocenters. The summed E-state index contributed by atoms with van der Waals surface area (Å²) in [6, 6.07) is 50.0. The predicted molar refractivity (Wildman–Crippen MR) is 204 cm³/mol. The van der Waals surface area contributed by atoms with Gasteiger partial charge >= 0.3 is 0 Å². The number of fused-ring (bicyclic) bond motifs is 15. The Morgan fingerprint density at radius 1 is 0.551 bits per heavy atom. The van der Waals surface area contributed by atoms with E-state index in [9.17, 15) is 0 Å². The predicted octanol–water partition coefficient (Wildman–Crippen LogP) is 11.5. The summed E-state index contributed by atoms with van der Waals surface area (Å²) in [5.41, 5.74) is 12.4. The molecule has 1 aliphatic rings. The first kappa shape index (κ1) is 26.8. The minimum Gasteiger partial charge on any atom is -0.353 e. The van der Waals surface area contributed by atoms with Crippen LogP contribution in [0.4, 0.5) is 0 Å². The average molecular weight is 627 g/mol. The Morgan fingerprint density at radius 2 is 1.22 bits per heavy atom. The summed E-state index contributed by atoms with van der Waals surface area (Å²) in [6.45, 7) is 4.68. The van der Waals surface area contributed by atoms with Gasteiger partial charge in [0.15, 0.2) is 0 Å². The number of hydrogen-bond donors (Lipinski definition) is 1. The fourth-order valence-electron chi connectivity index (χ4n) is 8.86. The molecule has 0 saturated carbocycles. The second kappa shape index (κ2) is 9.42. The smallest absolute Gasteiger partial charge is 0.235 e. The zero-order chi connectivity index (χ0) is 32.4. The van der Waals surface area contributed by atoms with Crippen molar-refractivity contribution in [3.8, 4) is 28.3 Å². The summed E-state index contributed by atoms with van der Waals surface area (Å²) in [7, 11) is 0. The third-order valence-corrected chi connectivity index (χ3v) is 10.9. The van der Waals surface area contributed by atoms with E-state index in [1.807, 2.05) is 0 Å². The summed E-state index contributed by atoms with van der Waals surface area (Å²) in [6.07, 6.45) is 0. The molecule has 230 valence electrons. The van der Waals surface area contributed by atoms with E-state index in [1.165, 1.54) is 54.6 Å². The second-order valence-corrected chi connectivity index (χ2v) is 13.8. The van der Waals surface area contributed by atoms with Crippen molar-refractivity contribution in [2.24, 2.45) is 0 Å². The fraction of sp³-hybridized carbons (Fsp3) is 0.0667. The number of para-hydroxylation sites is 2. The van der Waals surface area contributed by atoms with Crippen LogP contribution in [0.25, 0.3) is 93.6 Å². The van der Waals surface area contributed by atoms with E-state index in [0.717, 1.165) is 44.2 Å². The molecule has 0 saturated heterocycles. The van der Waals surface area contributed by atoms with E-state index in [1.54, 1.807) is 0 Å². The van der Waals surface area contributed by atoms with Gasteiger partial charge < -0.3 is 4.98 Å². The first-order valence-electron chi connectivity index (χ1n) is 16.9. The molecule has 0 aliphatic heterocycles. The van der Waals surface area contributed by atoms with E-state index in [-0.39, 0.29) is 5.41 Å². The highest BCUT2D eigenvalue weighted by atomic mass is 15.2. The largest absolute Gasteiger partial charge is 0.353 e. The molecule has 4 heteroatoms. The lowest BCUT2D eigenvalue weighted by Gasteiger charge is -2.24. The molecule has 3 aromatic heterocycles. The maximum Gasteiger partial charge on any atom is 0.235 e. The van der Waals surface area contributed by atoms with Crippen molar-refractivity contribution in [3.63, 3.8) is 0 Å². The maximum absolute atomic E-state index is 5.60. The molecular formula is C45H30N4. The highest BCUT2D eigenvalue weighted by Gasteiger charge is 2.38. The highest BCUT2D eigenvalue weighted by molar-refractivity contribution is 6.35. The van der Waals surface area contributed by atoms with Crippen molar-refractivity contribution in [3.05, 3.63) is 151 Å². The number of nitrogens with zero attached hydrogens (tertiary/aromatic N) is 3. The van der Waals surface area contributed by atoms with Crippen molar-refractivity contribution < 1.29 is 0 Å². The summed E-state index contributed by atoms with van der Waals surface area (Å²) in [5, 5.41) is 8.43. The van der Waals surface area contributed by atoms with Crippen LogP contribution in [0.1, 0.15) is 25.0 Å². The van der Waals surface area contributed by atoms with Crippen molar-refractivity contribution in [2.45, 2.75) is 19.3 Å².